The summed E-state index contributed by atoms with van der Waals surface area (Å²) in [4.78, 5) is 15.3. The van der Waals surface area contributed by atoms with Gasteiger partial charge in [0, 0.05) is 23.5 Å². The second kappa shape index (κ2) is 10.5. The Balaban J connectivity index is 1.41. The van der Waals surface area contributed by atoms with Crippen LogP contribution in [0, 0.1) is 5.82 Å². The van der Waals surface area contributed by atoms with Gasteiger partial charge in [0.25, 0.3) is 5.91 Å². The zero-order valence-corrected chi connectivity index (χ0v) is 18.6. The number of carbonyl (C=O) groups is 1. The van der Waals surface area contributed by atoms with E-state index in [9.17, 15) is 9.18 Å². The van der Waals surface area contributed by atoms with Crippen LogP contribution in [0.4, 0.5) is 8.78 Å². The number of hydrogen-bond donors (Lipinski definition) is 0. The van der Waals surface area contributed by atoms with Crippen molar-refractivity contribution in [1.29, 1.82) is 0 Å². The number of para-hydroxylation sites is 1. The monoisotopic (exact) mass is 453 g/mol. The van der Waals surface area contributed by atoms with E-state index >= 15 is 4.39 Å². The zero-order valence-electron chi connectivity index (χ0n) is 17.0. The number of unbranched alkanes of at least 4 members (excludes halogenated alkanes) is 1. The summed E-state index contributed by atoms with van der Waals surface area (Å²) in [5, 5.41) is -0.0833. The van der Waals surface area contributed by atoms with Crippen molar-refractivity contribution < 1.29 is 18.3 Å². The van der Waals surface area contributed by atoms with Gasteiger partial charge in [-0.15, -0.1) is 11.8 Å². The number of hydrogen-bond acceptors (Lipinski definition) is 3. The Labute approximate surface area is 185 Å². The molecule has 1 heterocycles. The second-order valence-corrected chi connectivity index (χ2v) is 8.78. The average molecular weight is 454 g/mol. The Morgan fingerprint density at radius 2 is 1.93 bits per heavy atom. The molecule has 7 heteroatoms. The quantitative estimate of drug-likeness (QED) is 0.342. The highest BCUT2D eigenvalue weighted by Crippen LogP contribution is 2.33. The third-order valence-electron chi connectivity index (χ3n) is 5.46. The molecular formula is C23H26ClF2NO2S. The highest BCUT2D eigenvalue weighted by molar-refractivity contribution is 7.98. The Morgan fingerprint density at radius 1 is 1.20 bits per heavy atom. The van der Waals surface area contributed by atoms with Crippen LogP contribution in [0.1, 0.15) is 42.5 Å². The van der Waals surface area contributed by atoms with Crippen LogP contribution in [0.3, 0.4) is 0 Å². The molecule has 1 amide bonds. The molecule has 1 fully saturated rings. The molecule has 1 saturated heterocycles. The lowest BCUT2D eigenvalue weighted by Gasteiger charge is -2.36. The number of thioether (sulfide) groups is 1. The number of piperidine rings is 1. The summed E-state index contributed by atoms with van der Waals surface area (Å²) in [6, 6.07) is 11.8. The van der Waals surface area contributed by atoms with E-state index in [-0.39, 0.29) is 10.9 Å². The maximum absolute atomic E-state index is 15.1. The molecule has 0 atom stereocenters. The van der Waals surface area contributed by atoms with E-state index in [1.54, 1.807) is 16.7 Å². The van der Waals surface area contributed by atoms with Gasteiger partial charge in [-0.05, 0) is 68.7 Å². The molecule has 0 saturated carbocycles. The molecule has 2 aromatic rings. The molecule has 0 radical (unpaired) electrons. The van der Waals surface area contributed by atoms with E-state index < -0.39 is 11.5 Å². The first kappa shape index (κ1) is 22.9. The molecule has 1 aliphatic heterocycles. The summed E-state index contributed by atoms with van der Waals surface area (Å²) < 4.78 is 34.3. The number of rotatable bonds is 8. The van der Waals surface area contributed by atoms with Crippen molar-refractivity contribution in [2.24, 2.45) is 0 Å². The average Bonchev–Trinajstić information content (AvgIpc) is 2.76. The van der Waals surface area contributed by atoms with Crippen LogP contribution in [-0.2, 0) is 0 Å². The molecule has 0 aliphatic carbocycles. The van der Waals surface area contributed by atoms with E-state index in [2.05, 4.69) is 0 Å². The van der Waals surface area contributed by atoms with Crippen LogP contribution in [0.5, 0.6) is 5.75 Å². The van der Waals surface area contributed by atoms with Crippen molar-refractivity contribution in [1.82, 2.24) is 4.90 Å². The van der Waals surface area contributed by atoms with Gasteiger partial charge >= 0.3 is 0 Å². The first-order chi connectivity index (χ1) is 14.4. The van der Waals surface area contributed by atoms with E-state index in [0.717, 1.165) is 23.5 Å². The summed E-state index contributed by atoms with van der Waals surface area (Å²) in [7, 11) is 0. The normalized spacial score (nSPS) is 15.8. The Morgan fingerprint density at radius 3 is 2.63 bits per heavy atom. The smallest absolute Gasteiger partial charge is 0.253 e. The molecule has 3 rings (SSSR count). The van der Waals surface area contributed by atoms with Crippen LogP contribution in [0.15, 0.2) is 47.4 Å². The van der Waals surface area contributed by atoms with Crippen molar-refractivity contribution in [2.45, 2.75) is 42.7 Å². The molecule has 0 N–H and O–H groups in total. The lowest BCUT2D eigenvalue weighted by atomic mass is 9.88. The summed E-state index contributed by atoms with van der Waals surface area (Å²) in [5.74, 6) is 0.0723. The molecular weight excluding hydrogens is 428 g/mol. The number of ether oxygens (including phenoxy) is 1. The van der Waals surface area contributed by atoms with Crippen LogP contribution in [0.25, 0.3) is 0 Å². The van der Waals surface area contributed by atoms with Gasteiger partial charge in [0.05, 0.1) is 11.6 Å². The Kier molecular flexibility index (Phi) is 8.00. The number of benzene rings is 2. The minimum Gasteiger partial charge on any atom is -0.492 e. The molecule has 3 nitrogen and oxygen atoms in total. The maximum atomic E-state index is 15.1. The van der Waals surface area contributed by atoms with Gasteiger partial charge in [-0.1, -0.05) is 23.7 Å². The number of alkyl halides is 1. The SMILES string of the molecule is CSc1ccccc1OCCCCC1(F)CCN(C(=O)c2ccc(F)c(Cl)c2)CC1. The molecule has 30 heavy (non-hydrogen) atoms. The fourth-order valence-corrected chi connectivity index (χ4v) is 4.36. The van der Waals surface area contributed by atoms with Gasteiger partial charge in [0.15, 0.2) is 0 Å². The molecule has 2 aromatic carbocycles. The minimum atomic E-state index is -1.26. The fourth-order valence-electron chi connectivity index (χ4n) is 3.64. The fraction of sp³-hybridized carbons (Fsp3) is 0.435. The lowest BCUT2D eigenvalue weighted by molar-refractivity contribution is 0.0382. The number of amides is 1. The van der Waals surface area contributed by atoms with E-state index in [4.69, 9.17) is 16.3 Å². The molecule has 0 unspecified atom stereocenters. The van der Waals surface area contributed by atoms with Crippen LogP contribution in [-0.4, -0.2) is 42.4 Å². The number of nitrogens with zero attached hydrogens (tertiary/aromatic N) is 1. The standard InChI is InChI=1S/C23H26ClF2NO2S/c1-30-21-7-3-2-6-20(21)29-15-5-4-10-23(26)11-13-27(14-12-23)22(28)17-8-9-19(25)18(24)16-17/h2-3,6-9,16H,4-5,10-15H2,1H3. The first-order valence-electron chi connectivity index (χ1n) is 10.1. The third-order valence-corrected chi connectivity index (χ3v) is 6.53. The van der Waals surface area contributed by atoms with Crippen molar-refractivity contribution in [2.75, 3.05) is 26.0 Å². The minimum absolute atomic E-state index is 0.0833. The van der Waals surface area contributed by atoms with E-state index in [0.29, 0.717) is 44.5 Å². The van der Waals surface area contributed by atoms with Gasteiger partial charge in [-0.25, -0.2) is 8.78 Å². The predicted molar refractivity (Wildman–Crippen MR) is 118 cm³/mol. The Bertz CT molecular complexity index is 872. The molecule has 0 aromatic heterocycles. The van der Waals surface area contributed by atoms with Crippen LogP contribution < -0.4 is 4.74 Å². The molecule has 0 spiro atoms. The van der Waals surface area contributed by atoms with Gasteiger partial charge < -0.3 is 9.64 Å². The van der Waals surface area contributed by atoms with Crippen molar-refractivity contribution in [3.63, 3.8) is 0 Å². The largest absolute Gasteiger partial charge is 0.492 e. The highest BCUT2D eigenvalue weighted by atomic mass is 35.5. The summed E-state index contributed by atoms with van der Waals surface area (Å²) in [6.45, 7) is 1.26. The zero-order chi connectivity index (χ0) is 21.6. The first-order valence-corrected chi connectivity index (χ1v) is 11.7. The van der Waals surface area contributed by atoms with Gasteiger partial charge in [0.1, 0.15) is 17.2 Å². The highest BCUT2D eigenvalue weighted by Gasteiger charge is 2.35. The van der Waals surface area contributed by atoms with Crippen LogP contribution >= 0.6 is 23.4 Å². The van der Waals surface area contributed by atoms with Gasteiger partial charge in [-0.3, -0.25) is 4.79 Å². The van der Waals surface area contributed by atoms with E-state index in [1.807, 2.05) is 30.5 Å². The van der Waals surface area contributed by atoms with Crippen molar-refractivity contribution >= 4 is 29.3 Å². The lowest BCUT2D eigenvalue weighted by Crippen LogP contribution is -2.44. The maximum Gasteiger partial charge on any atom is 0.253 e. The number of carbonyl (C=O) groups excluding carboxylic acids is 1. The molecule has 162 valence electrons. The predicted octanol–water partition coefficient (Wildman–Crippen LogP) is 6.39. The Hall–Kier alpha value is -1.79. The van der Waals surface area contributed by atoms with E-state index in [1.165, 1.54) is 18.2 Å². The van der Waals surface area contributed by atoms with Gasteiger partial charge in [-0.2, -0.15) is 0 Å². The van der Waals surface area contributed by atoms with Crippen molar-refractivity contribution in [3.8, 4) is 5.75 Å². The summed E-state index contributed by atoms with van der Waals surface area (Å²) in [5.41, 5.74) is -0.926. The van der Waals surface area contributed by atoms with Crippen molar-refractivity contribution in [3.05, 3.63) is 58.9 Å². The molecule has 1 aliphatic rings. The van der Waals surface area contributed by atoms with Crippen LogP contribution in [0.2, 0.25) is 5.02 Å². The topological polar surface area (TPSA) is 29.5 Å². The third kappa shape index (κ3) is 5.88. The summed E-state index contributed by atoms with van der Waals surface area (Å²) in [6.07, 6.45) is 4.61. The summed E-state index contributed by atoms with van der Waals surface area (Å²) >= 11 is 7.40. The second-order valence-electron chi connectivity index (χ2n) is 7.53. The molecule has 0 bridgehead atoms. The van der Waals surface area contributed by atoms with Gasteiger partial charge in [0.2, 0.25) is 0 Å². The number of likely N-dealkylation sites (tertiary alicyclic amines) is 1. The number of halogens is 3.